The van der Waals surface area contributed by atoms with Gasteiger partial charge in [-0.3, -0.25) is 0 Å². The topological polar surface area (TPSA) is 38.7 Å². The van der Waals surface area contributed by atoms with Crippen molar-refractivity contribution in [2.75, 3.05) is 0 Å². The monoisotopic (exact) mass is 453 g/mol. The van der Waals surface area contributed by atoms with E-state index in [1.165, 1.54) is 27.1 Å². The first-order valence-corrected chi connectivity index (χ1v) is 11.9. The fourth-order valence-electron chi connectivity index (χ4n) is 4.30. The maximum atomic E-state index is 4.59. The zero-order valence-corrected chi connectivity index (χ0v) is 20.0. The van der Waals surface area contributed by atoms with Gasteiger partial charge in [0.15, 0.2) is 11.6 Å². The number of aromatic nitrogens is 3. The zero-order chi connectivity index (χ0) is 24.0. The Morgan fingerprint density at radius 1 is 0.629 bits per heavy atom. The van der Waals surface area contributed by atoms with Crippen molar-refractivity contribution >= 4 is 27.1 Å². The number of fused-ring (bicyclic) bond motifs is 3. The molecule has 6 rings (SSSR count). The molecule has 1 aliphatic carbocycles. The molecule has 35 heavy (non-hydrogen) atoms. The van der Waals surface area contributed by atoms with E-state index < -0.39 is 0 Å². The van der Waals surface area contributed by atoms with Crippen molar-refractivity contribution in [3.8, 4) is 11.4 Å². The van der Waals surface area contributed by atoms with Gasteiger partial charge in [-0.05, 0) is 47.4 Å². The third-order valence-corrected chi connectivity index (χ3v) is 5.99. The van der Waals surface area contributed by atoms with Crippen LogP contribution in [0.3, 0.4) is 0 Å². The first kappa shape index (κ1) is 22.4. The molecule has 0 aliphatic heterocycles. The summed E-state index contributed by atoms with van der Waals surface area (Å²) in [4.78, 5) is 13.5. The van der Waals surface area contributed by atoms with Crippen molar-refractivity contribution < 1.29 is 0 Å². The molecular formula is C32H27N3. The Balaban J connectivity index is 0.000000151. The molecular weight excluding hydrogens is 426 g/mol. The lowest BCUT2D eigenvalue weighted by Gasteiger charge is -2.06. The standard InChI is InChI=1S/C17H15N3.C15H12/c1-13-18-16(14-9-5-2-3-6-10-14)20-17(19-13)15-11-7-4-8-12-15;1-11-10-12-6-2-3-8-14(12)15-9-5-4-7-13(11)15/h2,4-12H,3H2,1H3;2-10H,1H3. The van der Waals surface area contributed by atoms with E-state index in [1.54, 1.807) is 0 Å². The van der Waals surface area contributed by atoms with Crippen molar-refractivity contribution in [2.24, 2.45) is 0 Å². The molecule has 0 radical (unpaired) electrons. The molecule has 0 fully saturated rings. The molecule has 5 aromatic rings. The third-order valence-electron chi connectivity index (χ3n) is 5.99. The highest BCUT2D eigenvalue weighted by atomic mass is 15.0. The first-order chi connectivity index (χ1) is 17.2. The van der Waals surface area contributed by atoms with Gasteiger partial charge in [-0.15, -0.1) is 0 Å². The molecule has 170 valence electrons. The van der Waals surface area contributed by atoms with Crippen LogP contribution in [0, 0.1) is 13.8 Å². The maximum absolute atomic E-state index is 4.59. The molecule has 0 N–H and O–H groups in total. The van der Waals surface area contributed by atoms with E-state index in [0.29, 0.717) is 0 Å². The minimum Gasteiger partial charge on any atom is -0.213 e. The highest BCUT2D eigenvalue weighted by Gasteiger charge is 2.08. The van der Waals surface area contributed by atoms with Gasteiger partial charge in [-0.2, -0.15) is 0 Å². The van der Waals surface area contributed by atoms with Gasteiger partial charge in [-0.25, -0.2) is 15.0 Å². The number of benzene rings is 4. The molecule has 3 nitrogen and oxygen atoms in total. The van der Waals surface area contributed by atoms with Crippen LogP contribution < -0.4 is 0 Å². The van der Waals surface area contributed by atoms with E-state index in [2.05, 4.69) is 94.7 Å². The van der Waals surface area contributed by atoms with Crippen molar-refractivity contribution in [3.63, 3.8) is 0 Å². The Hall–Kier alpha value is -4.37. The molecule has 1 aromatic heterocycles. The summed E-state index contributed by atoms with van der Waals surface area (Å²) in [6, 6.07) is 29.4. The summed E-state index contributed by atoms with van der Waals surface area (Å²) in [7, 11) is 0. The highest BCUT2D eigenvalue weighted by molar-refractivity contribution is 6.08. The lowest BCUT2D eigenvalue weighted by Crippen LogP contribution is -2.01. The fraction of sp³-hybridized carbons (Fsp3) is 0.0938. The molecule has 0 bridgehead atoms. The highest BCUT2D eigenvalue weighted by Crippen LogP contribution is 2.27. The second-order valence-electron chi connectivity index (χ2n) is 8.54. The van der Waals surface area contributed by atoms with Crippen LogP contribution in [0.1, 0.15) is 23.6 Å². The van der Waals surface area contributed by atoms with Crippen molar-refractivity contribution in [2.45, 2.75) is 20.3 Å². The third kappa shape index (κ3) is 5.10. The Morgan fingerprint density at radius 3 is 2.14 bits per heavy atom. The lowest BCUT2D eigenvalue weighted by molar-refractivity contribution is 0.962. The summed E-state index contributed by atoms with van der Waals surface area (Å²) >= 11 is 0. The quantitative estimate of drug-likeness (QED) is 0.254. The van der Waals surface area contributed by atoms with E-state index in [9.17, 15) is 0 Å². The van der Waals surface area contributed by atoms with E-state index in [4.69, 9.17) is 0 Å². The number of hydrogen-bond donors (Lipinski definition) is 0. The summed E-state index contributed by atoms with van der Waals surface area (Å²) in [5, 5.41) is 5.39. The van der Waals surface area contributed by atoms with Crippen molar-refractivity contribution in [1.82, 2.24) is 15.0 Å². The van der Waals surface area contributed by atoms with Crippen LogP contribution in [-0.4, -0.2) is 15.0 Å². The van der Waals surface area contributed by atoms with E-state index in [-0.39, 0.29) is 0 Å². The second-order valence-corrected chi connectivity index (χ2v) is 8.54. The Morgan fingerprint density at radius 2 is 1.31 bits per heavy atom. The molecule has 4 aromatic carbocycles. The molecule has 0 amide bonds. The van der Waals surface area contributed by atoms with Gasteiger partial charge in [0.2, 0.25) is 0 Å². The molecule has 1 heterocycles. The van der Waals surface area contributed by atoms with Crippen LogP contribution in [0.25, 0.3) is 38.5 Å². The Bertz CT molecular complexity index is 1580. The van der Waals surface area contributed by atoms with E-state index in [0.717, 1.165) is 35.0 Å². The summed E-state index contributed by atoms with van der Waals surface area (Å²) in [5.74, 6) is 2.17. The average molecular weight is 454 g/mol. The molecule has 3 heteroatoms. The Labute approximate surface area is 206 Å². The van der Waals surface area contributed by atoms with Gasteiger partial charge in [0, 0.05) is 11.1 Å². The van der Waals surface area contributed by atoms with Crippen LogP contribution in [0.15, 0.2) is 115 Å². The van der Waals surface area contributed by atoms with Gasteiger partial charge in [0.25, 0.3) is 0 Å². The molecule has 0 unspecified atom stereocenters. The van der Waals surface area contributed by atoms with Gasteiger partial charge >= 0.3 is 0 Å². The lowest BCUT2D eigenvalue weighted by atomic mass is 9.98. The van der Waals surface area contributed by atoms with Gasteiger partial charge in [0.05, 0.1) is 0 Å². The molecule has 0 spiro atoms. The average Bonchev–Trinajstić information content (AvgIpc) is 3.19. The molecule has 0 saturated carbocycles. The number of rotatable bonds is 2. The number of nitrogens with zero attached hydrogens (tertiary/aromatic N) is 3. The van der Waals surface area contributed by atoms with Crippen LogP contribution in [0.5, 0.6) is 0 Å². The summed E-state index contributed by atoms with van der Waals surface area (Å²) in [6.07, 6.45) is 11.3. The summed E-state index contributed by atoms with van der Waals surface area (Å²) < 4.78 is 0. The largest absolute Gasteiger partial charge is 0.213 e. The van der Waals surface area contributed by atoms with Crippen LogP contribution in [-0.2, 0) is 0 Å². The zero-order valence-electron chi connectivity index (χ0n) is 20.0. The van der Waals surface area contributed by atoms with E-state index in [1.807, 2.05) is 49.4 Å². The normalized spacial score (nSPS) is 12.7. The first-order valence-electron chi connectivity index (χ1n) is 11.9. The Kier molecular flexibility index (Phi) is 6.58. The van der Waals surface area contributed by atoms with Crippen LogP contribution in [0.4, 0.5) is 0 Å². The molecule has 0 atom stereocenters. The van der Waals surface area contributed by atoms with Crippen LogP contribution >= 0.6 is 0 Å². The van der Waals surface area contributed by atoms with Gasteiger partial charge in [-0.1, -0.05) is 115 Å². The SMILES string of the molecule is Cc1cc2ccccc2c2ccccc12.Cc1nc(C2=CC=CCC=C2)nc(-c2ccccc2)n1. The maximum Gasteiger partial charge on any atom is 0.163 e. The summed E-state index contributed by atoms with van der Waals surface area (Å²) in [5.41, 5.74) is 3.37. The molecule has 0 saturated heterocycles. The molecule has 1 aliphatic rings. The fourth-order valence-corrected chi connectivity index (χ4v) is 4.30. The minimum atomic E-state index is 0.718. The number of aryl methyl sites for hydroxylation is 2. The van der Waals surface area contributed by atoms with Crippen molar-refractivity contribution in [3.05, 3.63) is 133 Å². The predicted octanol–water partition coefficient (Wildman–Crippen LogP) is 8.05. The second kappa shape index (κ2) is 10.3. The van der Waals surface area contributed by atoms with Crippen molar-refractivity contribution in [1.29, 1.82) is 0 Å². The number of hydrogen-bond acceptors (Lipinski definition) is 3. The minimum absolute atomic E-state index is 0.718. The van der Waals surface area contributed by atoms with Gasteiger partial charge < -0.3 is 0 Å². The number of allylic oxidation sites excluding steroid dienone is 6. The van der Waals surface area contributed by atoms with Gasteiger partial charge in [0.1, 0.15) is 5.82 Å². The smallest absolute Gasteiger partial charge is 0.163 e. The predicted molar refractivity (Wildman–Crippen MR) is 147 cm³/mol. The van der Waals surface area contributed by atoms with E-state index >= 15 is 0 Å². The summed E-state index contributed by atoms with van der Waals surface area (Å²) in [6.45, 7) is 4.07. The van der Waals surface area contributed by atoms with Crippen LogP contribution in [0.2, 0.25) is 0 Å².